The molecule has 27 heavy (non-hydrogen) atoms. The molecule has 0 aromatic heterocycles. The minimum Gasteiger partial charge on any atom is -0.378 e. The minimum absolute atomic E-state index is 0.102. The number of carbonyl (C=O) groups is 1. The van der Waals surface area contributed by atoms with E-state index in [9.17, 15) is 4.79 Å². The van der Waals surface area contributed by atoms with Crippen LogP contribution in [-0.4, -0.2) is 68.1 Å². The predicted molar refractivity (Wildman–Crippen MR) is 103 cm³/mol. The van der Waals surface area contributed by atoms with Gasteiger partial charge in [-0.25, -0.2) is 0 Å². The summed E-state index contributed by atoms with van der Waals surface area (Å²) in [7, 11) is 1.78. The van der Waals surface area contributed by atoms with E-state index in [2.05, 4.69) is 21.3 Å². The fourth-order valence-corrected chi connectivity index (χ4v) is 3.64. The maximum Gasteiger partial charge on any atom is 0.225 e. The van der Waals surface area contributed by atoms with Crippen molar-refractivity contribution in [2.75, 3.05) is 46.4 Å². The van der Waals surface area contributed by atoms with E-state index in [4.69, 9.17) is 10.00 Å². The van der Waals surface area contributed by atoms with Gasteiger partial charge < -0.3 is 19.9 Å². The van der Waals surface area contributed by atoms with Crippen molar-refractivity contribution in [3.63, 3.8) is 0 Å². The van der Waals surface area contributed by atoms with Gasteiger partial charge in [-0.05, 0) is 30.5 Å². The minimum atomic E-state index is 0.102. The summed E-state index contributed by atoms with van der Waals surface area (Å²) in [5, 5.41) is 12.4. The number of guanidine groups is 1. The van der Waals surface area contributed by atoms with E-state index in [1.807, 2.05) is 23.1 Å². The van der Waals surface area contributed by atoms with Crippen LogP contribution >= 0.6 is 0 Å². The smallest absolute Gasteiger partial charge is 0.225 e. The molecule has 2 heterocycles. The Kier molecular flexibility index (Phi) is 6.66. The van der Waals surface area contributed by atoms with Gasteiger partial charge in [-0.2, -0.15) is 5.26 Å². The van der Waals surface area contributed by atoms with Crippen molar-refractivity contribution in [3.8, 4) is 6.07 Å². The van der Waals surface area contributed by atoms with Crippen molar-refractivity contribution >= 4 is 11.9 Å². The normalized spacial score (nSPS) is 18.9. The van der Waals surface area contributed by atoms with Crippen molar-refractivity contribution < 1.29 is 9.53 Å². The van der Waals surface area contributed by atoms with Gasteiger partial charge in [-0.3, -0.25) is 9.79 Å². The number of carbonyl (C=O) groups excluding carboxylic acids is 1. The van der Waals surface area contributed by atoms with Crippen molar-refractivity contribution in [2.24, 2.45) is 10.9 Å². The molecule has 2 saturated heterocycles. The van der Waals surface area contributed by atoms with Gasteiger partial charge in [-0.1, -0.05) is 12.1 Å². The zero-order chi connectivity index (χ0) is 19.1. The SMILES string of the molecule is CN=C(NCc1cccc(C#N)c1)N1CCC(C(=O)N2CCOCC2)CC1. The number of hydrogen-bond donors (Lipinski definition) is 1. The lowest BCUT2D eigenvalue weighted by molar-refractivity contribution is -0.140. The molecule has 0 saturated carbocycles. The number of morpholine rings is 1. The van der Waals surface area contributed by atoms with Crippen LogP contribution in [0.3, 0.4) is 0 Å². The summed E-state index contributed by atoms with van der Waals surface area (Å²) in [5.74, 6) is 1.22. The molecule has 0 radical (unpaired) electrons. The average molecular weight is 369 g/mol. The first-order chi connectivity index (χ1) is 13.2. The Balaban J connectivity index is 1.49. The number of amides is 1. The fourth-order valence-electron chi connectivity index (χ4n) is 3.64. The number of nitrogens with zero attached hydrogens (tertiary/aromatic N) is 4. The molecule has 1 amide bonds. The van der Waals surface area contributed by atoms with Gasteiger partial charge >= 0.3 is 0 Å². The zero-order valence-corrected chi connectivity index (χ0v) is 15.9. The summed E-state index contributed by atoms with van der Waals surface area (Å²) in [6.07, 6.45) is 1.70. The van der Waals surface area contributed by atoms with E-state index in [1.165, 1.54) is 0 Å². The zero-order valence-electron chi connectivity index (χ0n) is 15.9. The lowest BCUT2D eigenvalue weighted by Crippen LogP contribution is -2.49. The third kappa shape index (κ3) is 4.98. The molecule has 0 atom stereocenters. The van der Waals surface area contributed by atoms with Gasteiger partial charge in [0, 0.05) is 45.7 Å². The van der Waals surface area contributed by atoms with Crippen LogP contribution in [0.2, 0.25) is 0 Å². The molecular formula is C20H27N5O2. The molecule has 0 aliphatic carbocycles. The van der Waals surface area contributed by atoms with Gasteiger partial charge in [0.2, 0.25) is 5.91 Å². The number of hydrogen-bond acceptors (Lipinski definition) is 4. The summed E-state index contributed by atoms with van der Waals surface area (Å²) in [5.41, 5.74) is 1.71. The Bertz CT molecular complexity index is 713. The molecule has 1 aromatic carbocycles. The highest BCUT2D eigenvalue weighted by Gasteiger charge is 2.30. The van der Waals surface area contributed by atoms with Gasteiger partial charge in [0.25, 0.3) is 0 Å². The van der Waals surface area contributed by atoms with Crippen LogP contribution < -0.4 is 5.32 Å². The van der Waals surface area contributed by atoms with Gasteiger partial charge in [0.1, 0.15) is 0 Å². The molecular weight excluding hydrogens is 342 g/mol. The van der Waals surface area contributed by atoms with E-state index >= 15 is 0 Å². The van der Waals surface area contributed by atoms with Crippen LogP contribution in [0.25, 0.3) is 0 Å². The Morgan fingerprint density at radius 3 is 2.67 bits per heavy atom. The third-order valence-corrected chi connectivity index (χ3v) is 5.19. The first-order valence-corrected chi connectivity index (χ1v) is 9.52. The molecule has 7 heteroatoms. The molecule has 7 nitrogen and oxygen atoms in total. The molecule has 144 valence electrons. The van der Waals surface area contributed by atoms with Crippen molar-refractivity contribution in [2.45, 2.75) is 19.4 Å². The van der Waals surface area contributed by atoms with E-state index in [0.717, 1.165) is 37.5 Å². The van der Waals surface area contributed by atoms with E-state index in [1.54, 1.807) is 13.1 Å². The maximum absolute atomic E-state index is 12.6. The van der Waals surface area contributed by atoms with E-state index in [0.29, 0.717) is 38.4 Å². The van der Waals surface area contributed by atoms with E-state index in [-0.39, 0.29) is 11.8 Å². The second-order valence-corrected chi connectivity index (χ2v) is 6.91. The Morgan fingerprint density at radius 1 is 1.26 bits per heavy atom. The largest absolute Gasteiger partial charge is 0.378 e. The van der Waals surface area contributed by atoms with Crippen LogP contribution in [0, 0.1) is 17.2 Å². The quantitative estimate of drug-likeness (QED) is 0.640. The lowest BCUT2D eigenvalue weighted by atomic mass is 9.95. The van der Waals surface area contributed by atoms with Crippen LogP contribution in [0.4, 0.5) is 0 Å². The highest BCUT2D eigenvalue weighted by atomic mass is 16.5. The molecule has 2 fully saturated rings. The van der Waals surface area contributed by atoms with Crippen molar-refractivity contribution in [1.82, 2.24) is 15.1 Å². The molecule has 2 aliphatic rings. The van der Waals surface area contributed by atoms with Gasteiger partial charge in [-0.15, -0.1) is 0 Å². The molecule has 2 aliphatic heterocycles. The molecule has 0 unspecified atom stereocenters. The topological polar surface area (TPSA) is 81.0 Å². The first-order valence-electron chi connectivity index (χ1n) is 9.52. The van der Waals surface area contributed by atoms with Gasteiger partial charge in [0.15, 0.2) is 5.96 Å². The summed E-state index contributed by atoms with van der Waals surface area (Å²) in [4.78, 5) is 21.2. The Labute approximate surface area is 160 Å². The number of piperidine rings is 1. The van der Waals surface area contributed by atoms with E-state index < -0.39 is 0 Å². The van der Waals surface area contributed by atoms with Crippen molar-refractivity contribution in [3.05, 3.63) is 35.4 Å². The fraction of sp³-hybridized carbons (Fsp3) is 0.550. The molecule has 0 bridgehead atoms. The van der Waals surface area contributed by atoms with Gasteiger partial charge in [0.05, 0.1) is 24.8 Å². The molecule has 0 spiro atoms. The van der Waals surface area contributed by atoms with Crippen LogP contribution in [0.1, 0.15) is 24.0 Å². The Hall–Kier alpha value is -2.59. The van der Waals surface area contributed by atoms with Crippen LogP contribution in [0.5, 0.6) is 0 Å². The first kappa shape index (κ1) is 19.2. The number of likely N-dealkylation sites (tertiary alicyclic amines) is 1. The highest BCUT2D eigenvalue weighted by molar-refractivity contribution is 5.81. The monoisotopic (exact) mass is 369 g/mol. The summed E-state index contributed by atoms with van der Waals surface area (Å²) >= 11 is 0. The summed E-state index contributed by atoms with van der Waals surface area (Å²) in [6.45, 7) is 4.97. The number of ether oxygens (including phenoxy) is 1. The highest BCUT2D eigenvalue weighted by Crippen LogP contribution is 2.20. The molecule has 1 aromatic rings. The van der Waals surface area contributed by atoms with Crippen molar-refractivity contribution in [1.29, 1.82) is 5.26 Å². The number of rotatable bonds is 3. The van der Waals surface area contributed by atoms with Crippen LogP contribution in [-0.2, 0) is 16.1 Å². The maximum atomic E-state index is 12.6. The molecule has 3 rings (SSSR count). The predicted octanol–water partition coefficient (Wildman–Crippen LogP) is 1.20. The number of nitrogens with one attached hydrogen (secondary N) is 1. The lowest BCUT2D eigenvalue weighted by Gasteiger charge is -2.36. The molecule has 1 N–H and O–H groups in total. The Morgan fingerprint density at radius 2 is 2.00 bits per heavy atom. The second-order valence-electron chi connectivity index (χ2n) is 6.91. The third-order valence-electron chi connectivity index (χ3n) is 5.19. The number of aliphatic imine (C=N–C) groups is 1. The summed E-state index contributed by atoms with van der Waals surface area (Å²) in [6, 6.07) is 9.73. The number of nitriles is 1. The van der Waals surface area contributed by atoms with Crippen LogP contribution in [0.15, 0.2) is 29.3 Å². The number of benzene rings is 1. The average Bonchev–Trinajstić information content (AvgIpc) is 2.75. The second kappa shape index (κ2) is 9.38. The summed E-state index contributed by atoms with van der Waals surface area (Å²) < 4.78 is 5.33. The standard InChI is InChI=1S/C20H27N5O2/c1-22-20(23-15-17-4-2-3-16(13-17)14-21)25-7-5-18(6-8-25)19(26)24-9-11-27-12-10-24/h2-4,13,18H,5-12,15H2,1H3,(H,22,23).